The van der Waals surface area contributed by atoms with Crippen molar-refractivity contribution in [1.82, 2.24) is 5.32 Å². The number of aryl methyl sites for hydroxylation is 1. The predicted molar refractivity (Wildman–Crippen MR) is 75.2 cm³/mol. The van der Waals surface area contributed by atoms with E-state index in [0.29, 0.717) is 5.56 Å². The Hall–Kier alpha value is -1.02. The molecule has 0 heterocycles. The SMILES string of the molecule is Cc1ccc(C(=O)NC2CCCCCC2Cl)cc1. The maximum atomic E-state index is 12.1. The van der Waals surface area contributed by atoms with Gasteiger partial charge in [0.15, 0.2) is 0 Å². The number of hydrogen-bond donors (Lipinski definition) is 1. The van der Waals surface area contributed by atoms with Crippen LogP contribution in [-0.2, 0) is 0 Å². The Labute approximate surface area is 114 Å². The zero-order valence-corrected chi connectivity index (χ0v) is 11.5. The summed E-state index contributed by atoms with van der Waals surface area (Å²) < 4.78 is 0. The van der Waals surface area contributed by atoms with Gasteiger partial charge in [-0.25, -0.2) is 0 Å². The summed E-state index contributed by atoms with van der Waals surface area (Å²) in [5, 5.41) is 3.14. The van der Waals surface area contributed by atoms with Crippen LogP contribution in [-0.4, -0.2) is 17.3 Å². The number of rotatable bonds is 2. The summed E-state index contributed by atoms with van der Waals surface area (Å²) in [4.78, 5) is 12.1. The molecule has 1 amide bonds. The minimum absolute atomic E-state index is 0.00690. The largest absolute Gasteiger partial charge is 0.348 e. The van der Waals surface area contributed by atoms with Crippen molar-refractivity contribution in [1.29, 1.82) is 0 Å². The Kier molecular flexibility index (Phi) is 4.65. The van der Waals surface area contributed by atoms with Crippen LogP contribution >= 0.6 is 11.6 Å². The smallest absolute Gasteiger partial charge is 0.251 e. The zero-order chi connectivity index (χ0) is 13.0. The molecule has 1 aromatic carbocycles. The van der Waals surface area contributed by atoms with Gasteiger partial charge < -0.3 is 5.32 Å². The van der Waals surface area contributed by atoms with Crippen LogP contribution in [0, 0.1) is 6.92 Å². The first-order valence-electron chi connectivity index (χ1n) is 6.68. The lowest BCUT2D eigenvalue weighted by atomic mass is 10.1. The molecule has 1 aliphatic rings. The van der Waals surface area contributed by atoms with Crippen molar-refractivity contribution < 1.29 is 4.79 Å². The first-order chi connectivity index (χ1) is 8.66. The molecule has 0 bridgehead atoms. The molecule has 1 N–H and O–H groups in total. The molecule has 2 rings (SSSR count). The van der Waals surface area contributed by atoms with Crippen molar-refractivity contribution in [3.05, 3.63) is 35.4 Å². The molecule has 1 aromatic rings. The zero-order valence-electron chi connectivity index (χ0n) is 10.8. The summed E-state index contributed by atoms with van der Waals surface area (Å²) in [5.74, 6) is -0.00690. The van der Waals surface area contributed by atoms with Crippen molar-refractivity contribution in [2.75, 3.05) is 0 Å². The number of hydrogen-bond acceptors (Lipinski definition) is 1. The number of carbonyl (C=O) groups is 1. The molecule has 2 atom stereocenters. The van der Waals surface area contributed by atoms with E-state index in [9.17, 15) is 4.79 Å². The maximum Gasteiger partial charge on any atom is 0.251 e. The summed E-state index contributed by atoms with van der Waals surface area (Å²) in [5.41, 5.74) is 1.88. The second-order valence-corrected chi connectivity index (χ2v) is 5.66. The second-order valence-electron chi connectivity index (χ2n) is 5.10. The van der Waals surface area contributed by atoms with E-state index in [1.54, 1.807) is 0 Å². The highest BCUT2D eigenvalue weighted by molar-refractivity contribution is 6.21. The lowest BCUT2D eigenvalue weighted by molar-refractivity contribution is 0.0934. The van der Waals surface area contributed by atoms with Gasteiger partial charge in [0.25, 0.3) is 5.91 Å². The van der Waals surface area contributed by atoms with E-state index < -0.39 is 0 Å². The first-order valence-corrected chi connectivity index (χ1v) is 7.12. The third kappa shape index (κ3) is 3.49. The van der Waals surface area contributed by atoms with Crippen molar-refractivity contribution >= 4 is 17.5 Å². The normalized spacial score (nSPS) is 24.3. The topological polar surface area (TPSA) is 29.1 Å². The molecular weight excluding hydrogens is 246 g/mol. The molecule has 1 aliphatic carbocycles. The van der Waals surface area contributed by atoms with Gasteiger partial charge >= 0.3 is 0 Å². The summed E-state index contributed by atoms with van der Waals surface area (Å²) in [7, 11) is 0. The van der Waals surface area contributed by atoms with Gasteiger partial charge in [-0.3, -0.25) is 4.79 Å². The molecule has 98 valence electrons. The highest BCUT2D eigenvalue weighted by atomic mass is 35.5. The minimum Gasteiger partial charge on any atom is -0.348 e. The Morgan fingerprint density at radius 3 is 2.56 bits per heavy atom. The van der Waals surface area contributed by atoms with Gasteiger partial charge in [-0.1, -0.05) is 37.0 Å². The molecule has 0 aliphatic heterocycles. The Bertz CT molecular complexity index is 401. The molecule has 0 aromatic heterocycles. The van der Waals surface area contributed by atoms with Crippen LogP contribution in [0.3, 0.4) is 0 Å². The number of alkyl halides is 1. The molecule has 0 spiro atoms. The maximum absolute atomic E-state index is 12.1. The van der Waals surface area contributed by atoms with E-state index in [-0.39, 0.29) is 17.3 Å². The fourth-order valence-electron chi connectivity index (χ4n) is 2.38. The van der Waals surface area contributed by atoms with Crippen LogP contribution in [0.2, 0.25) is 0 Å². The lowest BCUT2D eigenvalue weighted by Gasteiger charge is -2.21. The van der Waals surface area contributed by atoms with Crippen LogP contribution in [0.25, 0.3) is 0 Å². The van der Waals surface area contributed by atoms with E-state index >= 15 is 0 Å². The average molecular weight is 266 g/mol. The van der Waals surface area contributed by atoms with Crippen LogP contribution in [0.5, 0.6) is 0 Å². The van der Waals surface area contributed by atoms with Gasteiger partial charge in [0, 0.05) is 11.6 Å². The van der Waals surface area contributed by atoms with E-state index in [4.69, 9.17) is 11.6 Å². The fourth-order valence-corrected chi connectivity index (χ4v) is 2.72. The van der Waals surface area contributed by atoms with Crippen molar-refractivity contribution in [2.24, 2.45) is 0 Å². The highest BCUT2D eigenvalue weighted by Gasteiger charge is 2.23. The van der Waals surface area contributed by atoms with Crippen molar-refractivity contribution in [3.63, 3.8) is 0 Å². The van der Waals surface area contributed by atoms with E-state index in [0.717, 1.165) is 24.8 Å². The third-order valence-corrected chi connectivity index (χ3v) is 4.08. The number of nitrogens with one attached hydrogen (secondary N) is 1. The van der Waals surface area contributed by atoms with Crippen LogP contribution in [0.15, 0.2) is 24.3 Å². The van der Waals surface area contributed by atoms with Gasteiger partial charge in [-0.2, -0.15) is 0 Å². The van der Waals surface area contributed by atoms with Gasteiger partial charge in [-0.15, -0.1) is 11.6 Å². The van der Waals surface area contributed by atoms with Gasteiger partial charge in [0.05, 0.1) is 5.38 Å². The molecule has 18 heavy (non-hydrogen) atoms. The van der Waals surface area contributed by atoms with E-state index in [1.807, 2.05) is 31.2 Å². The van der Waals surface area contributed by atoms with Crippen LogP contribution < -0.4 is 5.32 Å². The molecule has 2 unspecified atom stereocenters. The highest BCUT2D eigenvalue weighted by Crippen LogP contribution is 2.22. The number of amides is 1. The van der Waals surface area contributed by atoms with Gasteiger partial charge in [-0.05, 0) is 31.9 Å². The van der Waals surface area contributed by atoms with Crippen LogP contribution in [0.4, 0.5) is 0 Å². The molecule has 1 fully saturated rings. The summed E-state index contributed by atoms with van der Waals surface area (Å²) in [6.45, 7) is 2.02. The lowest BCUT2D eigenvalue weighted by Crippen LogP contribution is -2.40. The Morgan fingerprint density at radius 2 is 1.83 bits per heavy atom. The summed E-state index contributed by atoms with van der Waals surface area (Å²) >= 11 is 6.33. The van der Waals surface area contributed by atoms with Gasteiger partial charge in [0.1, 0.15) is 0 Å². The second kappa shape index (κ2) is 6.24. The minimum atomic E-state index is -0.00690. The van der Waals surface area contributed by atoms with Crippen molar-refractivity contribution in [3.8, 4) is 0 Å². The predicted octanol–water partition coefficient (Wildman–Crippen LogP) is 3.66. The quantitative estimate of drug-likeness (QED) is 0.642. The number of halogens is 1. The van der Waals surface area contributed by atoms with Crippen molar-refractivity contribution in [2.45, 2.75) is 50.4 Å². The van der Waals surface area contributed by atoms with Crippen LogP contribution in [0.1, 0.15) is 48.0 Å². The molecule has 0 radical (unpaired) electrons. The summed E-state index contributed by atoms with van der Waals surface area (Å²) in [6.07, 6.45) is 5.54. The molecule has 0 saturated heterocycles. The average Bonchev–Trinajstić information content (AvgIpc) is 2.56. The standard InChI is InChI=1S/C15H20ClNO/c1-11-7-9-12(10-8-11)15(18)17-14-6-4-2-3-5-13(14)16/h7-10,13-14H,2-6H2,1H3,(H,17,18). The van der Waals surface area contributed by atoms with Gasteiger partial charge in [0.2, 0.25) is 0 Å². The first kappa shape index (κ1) is 13.4. The molecular formula is C15H20ClNO. The number of carbonyl (C=O) groups excluding carboxylic acids is 1. The number of benzene rings is 1. The Morgan fingerprint density at radius 1 is 1.17 bits per heavy atom. The summed E-state index contributed by atoms with van der Waals surface area (Å²) in [6, 6.07) is 7.76. The third-order valence-electron chi connectivity index (χ3n) is 3.56. The monoisotopic (exact) mass is 265 g/mol. The molecule has 2 nitrogen and oxygen atoms in total. The fraction of sp³-hybridized carbons (Fsp3) is 0.533. The molecule has 1 saturated carbocycles. The van der Waals surface area contributed by atoms with E-state index in [1.165, 1.54) is 12.8 Å². The van der Waals surface area contributed by atoms with E-state index in [2.05, 4.69) is 5.32 Å². The Balaban J connectivity index is 1.99. The molecule has 3 heteroatoms.